The first kappa shape index (κ1) is 19.2. The van der Waals surface area contributed by atoms with Crippen LogP contribution < -0.4 is 5.32 Å². The number of carbonyl (C=O) groups is 1. The Morgan fingerprint density at radius 1 is 1.10 bits per heavy atom. The van der Waals surface area contributed by atoms with Crippen molar-refractivity contribution in [1.82, 2.24) is 24.5 Å². The maximum absolute atomic E-state index is 13.2. The fraction of sp³-hybridized carbons (Fsp3) is 0.130. The maximum Gasteiger partial charge on any atom is 0.259 e. The van der Waals surface area contributed by atoms with Crippen molar-refractivity contribution in [2.24, 2.45) is 0 Å². The number of amides is 1. The van der Waals surface area contributed by atoms with E-state index < -0.39 is 0 Å². The van der Waals surface area contributed by atoms with Crippen molar-refractivity contribution in [3.8, 4) is 16.3 Å². The summed E-state index contributed by atoms with van der Waals surface area (Å²) in [6.45, 7) is 4.11. The van der Waals surface area contributed by atoms with Gasteiger partial charge in [0, 0.05) is 17.6 Å². The first-order chi connectivity index (χ1) is 15.1. The molecule has 0 aliphatic rings. The van der Waals surface area contributed by atoms with E-state index in [1.54, 1.807) is 34.6 Å². The number of hydrogen-bond acceptors (Lipinski definition) is 5. The van der Waals surface area contributed by atoms with Gasteiger partial charge in [-0.2, -0.15) is 10.2 Å². The summed E-state index contributed by atoms with van der Waals surface area (Å²) >= 11 is 1.55. The second kappa shape index (κ2) is 7.81. The number of para-hydroxylation sites is 1. The molecule has 0 aliphatic heterocycles. The number of benzene rings is 1. The van der Waals surface area contributed by atoms with E-state index in [1.165, 1.54) is 0 Å². The third kappa shape index (κ3) is 3.62. The molecule has 0 aliphatic carbocycles. The highest BCUT2D eigenvalue weighted by Crippen LogP contribution is 2.29. The van der Waals surface area contributed by atoms with Crippen LogP contribution in [0.15, 0.2) is 72.5 Å². The number of hydrogen-bond donors (Lipinski definition) is 1. The lowest BCUT2D eigenvalue weighted by atomic mass is 10.2. The van der Waals surface area contributed by atoms with Gasteiger partial charge in [0.1, 0.15) is 5.69 Å². The van der Waals surface area contributed by atoms with E-state index >= 15 is 0 Å². The van der Waals surface area contributed by atoms with E-state index in [-0.39, 0.29) is 11.9 Å². The topological polar surface area (TPSA) is 77.6 Å². The zero-order valence-electron chi connectivity index (χ0n) is 17.1. The van der Waals surface area contributed by atoms with Crippen molar-refractivity contribution in [3.63, 3.8) is 0 Å². The molecule has 1 amide bonds. The van der Waals surface area contributed by atoms with Gasteiger partial charge in [0.05, 0.1) is 34.2 Å². The molecule has 4 heterocycles. The molecule has 5 aromatic rings. The number of aromatic nitrogens is 5. The Kier molecular flexibility index (Phi) is 4.83. The predicted octanol–water partition coefficient (Wildman–Crippen LogP) is 5.18. The second-order valence-electron chi connectivity index (χ2n) is 7.42. The van der Waals surface area contributed by atoms with Gasteiger partial charge >= 0.3 is 0 Å². The van der Waals surface area contributed by atoms with Gasteiger partial charge in [-0.25, -0.2) is 14.3 Å². The van der Waals surface area contributed by atoms with E-state index in [9.17, 15) is 4.79 Å². The minimum Gasteiger partial charge on any atom is -0.320 e. The van der Waals surface area contributed by atoms with Crippen molar-refractivity contribution in [3.05, 3.63) is 78.1 Å². The zero-order valence-corrected chi connectivity index (χ0v) is 17.9. The SMILES string of the molecule is CC(C)n1ncc2cc(NC(=O)c3cn(-c4ccccc4)nc3-c3cccs3)cnc21. The number of nitrogens with zero attached hydrogens (tertiary/aromatic N) is 5. The fourth-order valence-electron chi connectivity index (χ4n) is 3.43. The number of thiophene rings is 1. The summed E-state index contributed by atoms with van der Waals surface area (Å²) in [5, 5.41) is 14.9. The average Bonchev–Trinajstić information content (AvgIpc) is 3.52. The van der Waals surface area contributed by atoms with E-state index in [1.807, 2.05) is 58.6 Å². The van der Waals surface area contributed by atoms with Gasteiger partial charge in [-0.3, -0.25) is 4.79 Å². The van der Waals surface area contributed by atoms with Crippen molar-refractivity contribution in [2.45, 2.75) is 19.9 Å². The highest BCUT2D eigenvalue weighted by molar-refractivity contribution is 7.13. The van der Waals surface area contributed by atoms with Crippen LogP contribution in [0.4, 0.5) is 5.69 Å². The van der Waals surface area contributed by atoms with Crippen LogP contribution >= 0.6 is 11.3 Å². The molecule has 0 saturated heterocycles. The normalized spacial score (nSPS) is 11.3. The lowest BCUT2D eigenvalue weighted by molar-refractivity contribution is 0.102. The van der Waals surface area contributed by atoms with Crippen molar-refractivity contribution in [1.29, 1.82) is 0 Å². The molecule has 0 spiro atoms. The van der Waals surface area contributed by atoms with Crippen LogP contribution in [0.5, 0.6) is 0 Å². The Labute approximate surface area is 183 Å². The molecule has 0 saturated carbocycles. The molecule has 0 fully saturated rings. The lowest BCUT2D eigenvalue weighted by Crippen LogP contribution is -2.12. The summed E-state index contributed by atoms with van der Waals surface area (Å²) in [6, 6.07) is 15.8. The van der Waals surface area contributed by atoms with Gasteiger partial charge in [-0.05, 0) is 43.5 Å². The molecule has 8 heteroatoms. The molecule has 0 bridgehead atoms. The molecular formula is C23H20N6OS. The second-order valence-corrected chi connectivity index (χ2v) is 8.37. The third-order valence-electron chi connectivity index (χ3n) is 4.91. The van der Waals surface area contributed by atoms with Gasteiger partial charge in [-0.1, -0.05) is 24.3 Å². The molecule has 154 valence electrons. The number of carbonyl (C=O) groups excluding carboxylic acids is 1. The smallest absolute Gasteiger partial charge is 0.259 e. The number of pyridine rings is 1. The minimum atomic E-state index is -0.233. The van der Waals surface area contributed by atoms with Crippen LogP contribution in [0.25, 0.3) is 27.3 Å². The molecular weight excluding hydrogens is 408 g/mol. The van der Waals surface area contributed by atoms with Crippen molar-refractivity contribution in [2.75, 3.05) is 5.32 Å². The van der Waals surface area contributed by atoms with E-state index in [0.29, 0.717) is 16.9 Å². The van der Waals surface area contributed by atoms with Gasteiger partial charge < -0.3 is 5.32 Å². The van der Waals surface area contributed by atoms with Gasteiger partial charge in [-0.15, -0.1) is 11.3 Å². The van der Waals surface area contributed by atoms with Crippen LogP contribution in [-0.2, 0) is 0 Å². The summed E-state index contributed by atoms with van der Waals surface area (Å²) in [5.41, 5.74) is 3.46. The van der Waals surface area contributed by atoms with E-state index in [0.717, 1.165) is 21.6 Å². The molecule has 4 aromatic heterocycles. The Morgan fingerprint density at radius 2 is 1.94 bits per heavy atom. The van der Waals surface area contributed by atoms with Crippen LogP contribution in [0.1, 0.15) is 30.2 Å². The molecule has 0 unspecified atom stereocenters. The quantitative estimate of drug-likeness (QED) is 0.418. The Hall–Kier alpha value is -3.78. The highest BCUT2D eigenvalue weighted by Gasteiger charge is 2.20. The maximum atomic E-state index is 13.2. The zero-order chi connectivity index (χ0) is 21.4. The van der Waals surface area contributed by atoms with Crippen molar-refractivity contribution < 1.29 is 4.79 Å². The molecule has 0 radical (unpaired) electrons. The molecule has 5 rings (SSSR count). The van der Waals surface area contributed by atoms with Gasteiger partial charge in [0.2, 0.25) is 0 Å². The van der Waals surface area contributed by atoms with Gasteiger partial charge in [0.15, 0.2) is 5.65 Å². The molecule has 1 N–H and O–H groups in total. The van der Waals surface area contributed by atoms with E-state index in [2.05, 4.69) is 29.2 Å². The Balaban J connectivity index is 1.50. The Morgan fingerprint density at radius 3 is 2.68 bits per heavy atom. The number of anilines is 1. The number of nitrogens with one attached hydrogen (secondary N) is 1. The summed E-state index contributed by atoms with van der Waals surface area (Å²) in [4.78, 5) is 18.7. The monoisotopic (exact) mass is 428 g/mol. The molecule has 0 atom stereocenters. The summed E-state index contributed by atoms with van der Waals surface area (Å²) in [7, 11) is 0. The summed E-state index contributed by atoms with van der Waals surface area (Å²) in [5.74, 6) is -0.233. The predicted molar refractivity (Wildman–Crippen MR) is 123 cm³/mol. The van der Waals surface area contributed by atoms with Crippen LogP contribution in [0, 0.1) is 0 Å². The standard InChI is InChI=1S/C23H20N6OS/c1-15(2)29-22-16(12-25-29)11-17(13-24-22)26-23(30)19-14-28(18-7-4-3-5-8-18)27-21(19)20-9-6-10-31-20/h3-15H,1-2H3,(H,26,30). The summed E-state index contributed by atoms with van der Waals surface area (Å²) < 4.78 is 3.60. The number of fused-ring (bicyclic) bond motifs is 1. The van der Waals surface area contributed by atoms with Crippen LogP contribution in [-0.4, -0.2) is 30.5 Å². The fourth-order valence-corrected chi connectivity index (χ4v) is 4.16. The third-order valence-corrected chi connectivity index (χ3v) is 5.79. The molecule has 31 heavy (non-hydrogen) atoms. The number of rotatable bonds is 5. The Bertz CT molecular complexity index is 1350. The molecule has 1 aromatic carbocycles. The lowest BCUT2D eigenvalue weighted by Gasteiger charge is -2.07. The minimum absolute atomic E-state index is 0.211. The first-order valence-corrected chi connectivity index (χ1v) is 10.8. The highest BCUT2D eigenvalue weighted by atomic mass is 32.1. The van der Waals surface area contributed by atoms with E-state index in [4.69, 9.17) is 5.10 Å². The van der Waals surface area contributed by atoms with Crippen LogP contribution in [0.2, 0.25) is 0 Å². The molecule has 7 nitrogen and oxygen atoms in total. The van der Waals surface area contributed by atoms with Gasteiger partial charge in [0.25, 0.3) is 5.91 Å². The average molecular weight is 429 g/mol. The van der Waals surface area contributed by atoms with Crippen LogP contribution in [0.3, 0.4) is 0 Å². The van der Waals surface area contributed by atoms with Crippen molar-refractivity contribution >= 4 is 34.0 Å². The first-order valence-electron chi connectivity index (χ1n) is 9.94. The largest absolute Gasteiger partial charge is 0.320 e. The summed E-state index contributed by atoms with van der Waals surface area (Å²) in [6.07, 6.45) is 5.19.